The van der Waals surface area contributed by atoms with Crippen LogP contribution in [0.3, 0.4) is 0 Å². The van der Waals surface area contributed by atoms with Crippen molar-refractivity contribution in [1.29, 1.82) is 0 Å². The molecule has 0 bridgehead atoms. The van der Waals surface area contributed by atoms with Gasteiger partial charge in [0, 0.05) is 5.33 Å². The van der Waals surface area contributed by atoms with E-state index in [0.29, 0.717) is 0 Å². The zero-order chi connectivity index (χ0) is 12.6. The minimum atomic E-state index is 0.857. The lowest BCUT2D eigenvalue weighted by atomic mass is 10.1. The summed E-state index contributed by atoms with van der Waals surface area (Å²) in [6, 6.07) is 0. The number of carbonyl (C=O) groups excluding carboxylic acids is 1. The fourth-order valence-electron chi connectivity index (χ4n) is 1.92. The second kappa shape index (κ2) is 15.9. The molecule has 2 heteroatoms. The highest BCUT2D eigenvalue weighted by molar-refractivity contribution is 9.09. The van der Waals surface area contributed by atoms with Crippen molar-refractivity contribution in [1.82, 2.24) is 0 Å². The van der Waals surface area contributed by atoms with Crippen molar-refractivity contribution in [2.75, 3.05) is 5.33 Å². The molecule has 0 atom stereocenters. The molecule has 0 unspecified atom stereocenters. The summed E-state index contributed by atoms with van der Waals surface area (Å²) in [5.41, 5.74) is 0. The molecule has 0 spiro atoms. The molecule has 0 heterocycles. The van der Waals surface area contributed by atoms with Crippen LogP contribution in [0.2, 0.25) is 0 Å². The van der Waals surface area contributed by atoms with E-state index in [1.54, 1.807) is 6.08 Å². The molecule has 0 aliphatic carbocycles. The predicted octanol–water partition coefficient (Wildman–Crippen LogP) is 5.43. The molecule has 0 rings (SSSR count). The van der Waals surface area contributed by atoms with Crippen LogP contribution >= 0.6 is 15.9 Å². The summed E-state index contributed by atoms with van der Waals surface area (Å²) in [5, 5.41) is 1.16. The molecule has 0 amide bonds. The summed E-state index contributed by atoms with van der Waals surface area (Å²) in [6.45, 7) is 0. The average molecular weight is 303 g/mol. The van der Waals surface area contributed by atoms with Crippen LogP contribution in [0.4, 0.5) is 0 Å². The molecule has 0 fully saturated rings. The molecule has 0 saturated carbocycles. The lowest BCUT2D eigenvalue weighted by Crippen LogP contribution is -1.82. The van der Waals surface area contributed by atoms with Crippen molar-refractivity contribution in [2.45, 2.75) is 70.6 Å². The molecule has 0 aromatic carbocycles. The molecule has 0 N–H and O–H groups in total. The Balaban J connectivity index is 2.93. The van der Waals surface area contributed by atoms with E-state index in [1.165, 1.54) is 64.2 Å². The van der Waals surface area contributed by atoms with Gasteiger partial charge in [0.05, 0.1) is 0 Å². The van der Waals surface area contributed by atoms with Gasteiger partial charge in [0.15, 0.2) is 0 Å². The van der Waals surface area contributed by atoms with E-state index < -0.39 is 0 Å². The van der Waals surface area contributed by atoms with Crippen LogP contribution in [-0.2, 0) is 4.79 Å². The Labute approximate surface area is 115 Å². The summed E-state index contributed by atoms with van der Waals surface area (Å²) >= 11 is 3.46. The number of alkyl halides is 1. The van der Waals surface area contributed by atoms with Crippen molar-refractivity contribution in [2.24, 2.45) is 0 Å². The summed E-state index contributed by atoms with van der Waals surface area (Å²) in [7, 11) is 0. The van der Waals surface area contributed by atoms with E-state index in [2.05, 4.69) is 15.9 Å². The van der Waals surface area contributed by atoms with E-state index in [0.717, 1.165) is 18.0 Å². The van der Waals surface area contributed by atoms with E-state index in [9.17, 15) is 4.79 Å². The van der Waals surface area contributed by atoms with Gasteiger partial charge in [0.1, 0.15) is 6.29 Å². The number of hydrogen-bond acceptors (Lipinski definition) is 1. The molecule has 0 aromatic rings. The highest BCUT2D eigenvalue weighted by Crippen LogP contribution is 2.11. The van der Waals surface area contributed by atoms with Crippen molar-refractivity contribution in [3.05, 3.63) is 12.2 Å². The second-order valence-electron chi connectivity index (χ2n) is 4.58. The van der Waals surface area contributed by atoms with Gasteiger partial charge in [-0.15, -0.1) is 0 Å². The Kier molecular flexibility index (Phi) is 15.8. The second-order valence-corrected chi connectivity index (χ2v) is 5.37. The number of hydrogen-bond donors (Lipinski definition) is 0. The first-order valence-corrected chi connectivity index (χ1v) is 8.20. The van der Waals surface area contributed by atoms with E-state index in [4.69, 9.17) is 0 Å². The molecule has 0 radical (unpaired) electrons. The number of halogens is 1. The maximum atomic E-state index is 10.0. The minimum absolute atomic E-state index is 0.857. The van der Waals surface area contributed by atoms with Gasteiger partial charge in [-0.05, 0) is 25.3 Å². The van der Waals surface area contributed by atoms with Gasteiger partial charge in [-0.25, -0.2) is 0 Å². The van der Waals surface area contributed by atoms with Crippen molar-refractivity contribution >= 4 is 22.2 Å². The Bertz CT molecular complexity index is 178. The van der Waals surface area contributed by atoms with Crippen LogP contribution < -0.4 is 0 Å². The highest BCUT2D eigenvalue weighted by Gasteiger charge is 1.92. The molecule has 0 saturated heterocycles. The third kappa shape index (κ3) is 15.9. The smallest absolute Gasteiger partial charge is 0.142 e. The number of allylic oxidation sites excluding steroid dienone is 2. The Hall–Kier alpha value is -0.110. The molecular formula is C15H27BrO. The summed E-state index contributed by atoms with van der Waals surface area (Å²) in [6.07, 6.45) is 19.1. The summed E-state index contributed by atoms with van der Waals surface area (Å²) in [4.78, 5) is 10.0. The fourth-order valence-corrected chi connectivity index (χ4v) is 2.32. The Morgan fingerprint density at radius 2 is 1.18 bits per heavy atom. The molecule has 1 nitrogen and oxygen atoms in total. The normalized spacial score (nSPS) is 11.1. The quantitative estimate of drug-likeness (QED) is 0.192. The molecular weight excluding hydrogens is 276 g/mol. The highest BCUT2D eigenvalue weighted by atomic mass is 79.9. The third-order valence-electron chi connectivity index (χ3n) is 2.97. The lowest BCUT2D eigenvalue weighted by molar-refractivity contribution is -0.104. The van der Waals surface area contributed by atoms with E-state index in [1.807, 2.05) is 6.08 Å². The number of aldehydes is 1. The monoisotopic (exact) mass is 302 g/mol. The standard InChI is InChI=1S/C15H27BrO/c16-14-12-10-8-6-4-2-1-3-5-7-9-11-13-15-17/h11,13,15H,1-10,12,14H2/b13-11-. The summed E-state index contributed by atoms with van der Waals surface area (Å²) < 4.78 is 0. The van der Waals surface area contributed by atoms with Crippen LogP contribution in [0.1, 0.15) is 70.6 Å². The van der Waals surface area contributed by atoms with Crippen LogP contribution in [-0.4, -0.2) is 11.6 Å². The van der Waals surface area contributed by atoms with Gasteiger partial charge in [0.2, 0.25) is 0 Å². The minimum Gasteiger partial charge on any atom is -0.299 e. The largest absolute Gasteiger partial charge is 0.299 e. The fraction of sp³-hybridized carbons (Fsp3) is 0.800. The van der Waals surface area contributed by atoms with Crippen LogP contribution in [0.15, 0.2) is 12.2 Å². The zero-order valence-corrected chi connectivity index (χ0v) is 12.6. The summed E-state index contributed by atoms with van der Waals surface area (Å²) in [5.74, 6) is 0. The van der Waals surface area contributed by atoms with Gasteiger partial charge < -0.3 is 0 Å². The van der Waals surface area contributed by atoms with E-state index in [-0.39, 0.29) is 0 Å². The molecule has 17 heavy (non-hydrogen) atoms. The first kappa shape index (κ1) is 16.9. The molecule has 100 valence electrons. The first-order chi connectivity index (χ1) is 8.41. The maximum Gasteiger partial charge on any atom is 0.142 e. The van der Waals surface area contributed by atoms with Crippen LogP contribution in [0.5, 0.6) is 0 Å². The number of unbranched alkanes of at least 4 members (excludes halogenated alkanes) is 10. The third-order valence-corrected chi connectivity index (χ3v) is 3.53. The van der Waals surface area contributed by atoms with Crippen LogP contribution in [0, 0.1) is 0 Å². The predicted molar refractivity (Wildman–Crippen MR) is 79.8 cm³/mol. The topological polar surface area (TPSA) is 17.1 Å². The van der Waals surface area contributed by atoms with Crippen molar-refractivity contribution < 1.29 is 4.79 Å². The SMILES string of the molecule is O=C/C=C\CCCCCCCCCCCCBr. The first-order valence-electron chi connectivity index (χ1n) is 7.08. The van der Waals surface area contributed by atoms with Gasteiger partial charge in [-0.2, -0.15) is 0 Å². The average Bonchev–Trinajstić information content (AvgIpc) is 2.35. The van der Waals surface area contributed by atoms with E-state index >= 15 is 0 Å². The molecule has 0 aliphatic heterocycles. The number of carbonyl (C=O) groups is 1. The van der Waals surface area contributed by atoms with Gasteiger partial charge in [0.25, 0.3) is 0 Å². The molecule has 0 aromatic heterocycles. The Morgan fingerprint density at radius 1 is 0.706 bits per heavy atom. The Morgan fingerprint density at radius 3 is 1.65 bits per heavy atom. The van der Waals surface area contributed by atoms with Gasteiger partial charge in [-0.1, -0.05) is 73.4 Å². The van der Waals surface area contributed by atoms with Gasteiger partial charge >= 0.3 is 0 Å². The molecule has 0 aliphatic rings. The zero-order valence-electron chi connectivity index (χ0n) is 11.0. The van der Waals surface area contributed by atoms with Crippen molar-refractivity contribution in [3.63, 3.8) is 0 Å². The van der Waals surface area contributed by atoms with Gasteiger partial charge in [-0.3, -0.25) is 4.79 Å². The van der Waals surface area contributed by atoms with Crippen molar-refractivity contribution in [3.8, 4) is 0 Å². The number of rotatable bonds is 13. The lowest BCUT2D eigenvalue weighted by Gasteiger charge is -2.01. The maximum absolute atomic E-state index is 10.0. The van der Waals surface area contributed by atoms with Crippen LogP contribution in [0.25, 0.3) is 0 Å².